The predicted octanol–water partition coefficient (Wildman–Crippen LogP) is 0.860. The van der Waals surface area contributed by atoms with Gasteiger partial charge in [-0.3, -0.25) is 4.79 Å². The summed E-state index contributed by atoms with van der Waals surface area (Å²) in [5.74, 6) is -0.488. The van der Waals surface area contributed by atoms with Crippen LogP contribution in [0.4, 0.5) is 0 Å². The average molecular weight is 181 g/mol. The van der Waals surface area contributed by atoms with Crippen LogP contribution in [0, 0.1) is 6.92 Å². The van der Waals surface area contributed by atoms with Gasteiger partial charge in [0.1, 0.15) is 5.69 Å². The first-order chi connectivity index (χ1) is 6.16. The first kappa shape index (κ1) is 9.51. The number of esters is 1. The third kappa shape index (κ3) is 1.96. The Hall–Kier alpha value is -1.58. The fourth-order valence-corrected chi connectivity index (χ4v) is 0.972. The molecule has 13 heavy (non-hydrogen) atoms. The maximum atomic E-state index is 11.2. The zero-order valence-corrected chi connectivity index (χ0v) is 7.59. The second kappa shape index (κ2) is 3.89. The van der Waals surface area contributed by atoms with Crippen molar-refractivity contribution in [3.8, 4) is 0 Å². The fourth-order valence-electron chi connectivity index (χ4n) is 0.972. The SMILES string of the molecule is CCOC(=O)c1[nH]ccc(=O)c1C. The quantitative estimate of drug-likeness (QED) is 0.688. The fraction of sp³-hybridized carbons (Fsp3) is 0.333. The molecular formula is C9H11NO3. The molecule has 0 aliphatic carbocycles. The number of aromatic nitrogens is 1. The third-order valence-electron chi connectivity index (χ3n) is 1.69. The highest BCUT2D eigenvalue weighted by Gasteiger charge is 2.11. The van der Waals surface area contributed by atoms with Crippen molar-refractivity contribution in [3.63, 3.8) is 0 Å². The van der Waals surface area contributed by atoms with Gasteiger partial charge in [0.2, 0.25) is 0 Å². The van der Waals surface area contributed by atoms with E-state index in [4.69, 9.17) is 4.74 Å². The van der Waals surface area contributed by atoms with E-state index < -0.39 is 5.97 Å². The van der Waals surface area contributed by atoms with Gasteiger partial charge in [-0.05, 0) is 13.8 Å². The molecule has 0 bridgehead atoms. The Labute approximate surface area is 75.5 Å². The molecule has 0 radical (unpaired) electrons. The summed E-state index contributed by atoms with van der Waals surface area (Å²) < 4.78 is 4.75. The summed E-state index contributed by atoms with van der Waals surface area (Å²) in [7, 11) is 0. The van der Waals surface area contributed by atoms with Crippen molar-refractivity contribution in [2.45, 2.75) is 13.8 Å². The second-order valence-corrected chi connectivity index (χ2v) is 2.56. The smallest absolute Gasteiger partial charge is 0.355 e. The van der Waals surface area contributed by atoms with Gasteiger partial charge in [0, 0.05) is 17.8 Å². The van der Waals surface area contributed by atoms with Gasteiger partial charge in [-0.15, -0.1) is 0 Å². The molecule has 0 saturated heterocycles. The molecule has 0 aliphatic heterocycles. The van der Waals surface area contributed by atoms with Gasteiger partial charge in [-0.2, -0.15) is 0 Å². The van der Waals surface area contributed by atoms with Gasteiger partial charge in [0.25, 0.3) is 0 Å². The van der Waals surface area contributed by atoms with Crippen LogP contribution in [0.25, 0.3) is 0 Å². The summed E-state index contributed by atoms with van der Waals surface area (Å²) in [6.45, 7) is 3.61. The molecule has 1 rings (SSSR count). The molecule has 0 fully saturated rings. The number of rotatable bonds is 2. The summed E-state index contributed by atoms with van der Waals surface area (Å²) >= 11 is 0. The molecule has 0 aliphatic rings. The number of pyridine rings is 1. The van der Waals surface area contributed by atoms with Crippen molar-refractivity contribution in [1.82, 2.24) is 4.98 Å². The van der Waals surface area contributed by atoms with Gasteiger partial charge in [0.05, 0.1) is 6.61 Å². The molecule has 0 unspecified atom stereocenters. The minimum Gasteiger partial charge on any atom is -0.461 e. The van der Waals surface area contributed by atoms with E-state index in [9.17, 15) is 9.59 Å². The lowest BCUT2D eigenvalue weighted by Crippen LogP contribution is -2.15. The minimum atomic E-state index is -0.488. The zero-order valence-electron chi connectivity index (χ0n) is 7.59. The number of carbonyl (C=O) groups excluding carboxylic acids is 1. The van der Waals surface area contributed by atoms with Gasteiger partial charge in [-0.25, -0.2) is 4.79 Å². The monoisotopic (exact) mass is 181 g/mol. The van der Waals surface area contributed by atoms with Crippen LogP contribution in [0.2, 0.25) is 0 Å². The van der Waals surface area contributed by atoms with Crippen LogP contribution in [0.15, 0.2) is 17.1 Å². The Bertz CT molecular complexity index is 367. The Balaban J connectivity index is 3.08. The number of hydrogen-bond acceptors (Lipinski definition) is 3. The summed E-state index contributed by atoms with van der Waals surface area (Å²) in [5, 5.41) is 0. The van der Waals surface area contributed by atoms with E-state index in [1.54, 1.807) is 13.8 Å². The van der Waals surface area contributed by atoms with Gasteiger partial charge < -0.3 is 9.72 Å². The van der Waals surface area contributed by atoms with Crippen LogP contribution in [0.1, 0.15) is 23.0 Å². The molecule has 1 aromatic heterocycles. The van der Waals surface area contributed by atoms with Crippen molar-refractivity contribution in [3.05, 3.63) is 33.7 Å². The summed E-state index contributed by atoms with van der Waals surface area (Å²) in [6.07, 6.45) is 1.43. The molecule has 4 heteroatoms. The van der Waals surface area contributed by atoms with E-state index >= 15 is 0 Å². The highest BCUT2D eigenvalue weighted by atomic mass is 16.5. The maximum Gasteiger partial charge on any atom is 0.355 e. The molecule has 0 spiro atoms. The summed E-state index contributed by atoms with van der Waals surface area (Å²) in [5.41, 5.74) is 0.456. The third-order valence-corrected chi connectivity index (χ3v) is 1.69. The molecule has 70 valence electrons. The Morgan fingerprint density at radius 1 is 1.62 bits per heavy atom. The molecule has 0 aromatic carbocycles. The Morgan fingerprint density at radius 3 is 2.92 bits per heavy atom. The van der Waals surface area contributed by atoms with Crippen molar-refractivity contribution < 1.29 is 9.53 Å². The van der Waals surface area contributed by atoms with Crippen LogP contribution in [0.3, 0.4) is 0 Å². The lowest BCUT2D eigenvalue weighted by molar-refractivity contribution is 0.0518. The van der Waals surface area contributed by atoms with E-state index in [1.165, 1.54) is 12.3 Å². The van der Waals surface area contributed by atoms with Gasteiger partial charge >= 0.3 is 5.97 Å². The number of aromatic amines is 1. The molecule has 1 heterocycles. The van der Waals surface area contributed by atoms with Crippen LogP contribution in [0.5, 0.6) is 0 Å². The van der Waals surface area contributed by atoms with Crippen LogP contribution < -0.4 is 5.43 Å². The Kier molecular flexibility index (Phi) is 2.84. The number of ether oxygens (including phenoxy) is 1. The molecule has 1 N–H and O–H groups in total. The van der Waals surface area contributed by atoms with E-state index in [0.717, 1.165) is 0 Å². The summed E-state index contributed by atoms with van der Waals surface area (Å²) in [6, 6.07) is 1.37. The first-order valence-corrected chi connectivity index (χ1v) is 4.02. The lowest BCUT2D eigenvalue weighted by atomic mass is 10.2. The molecule has 0 saturated carbocycles. The molecule has 0 amide bonds. The normalized spacial score (nSPS) is 9.69. The van der Waals surface area contributed by atoms with Crippen molar-refractivity contribution in [1.29, 1.82) is 0 Å². The van der Waals surface area contributed by atoms with Gasteiger partial charge in [-0.1, -0.05) is 0 Å². The first-order valence-electron chi connectivity index (χ1n) is 4.02. The van der Waals surface area contributed by atoms with Crippen molar-refractivity contribution in [2.75, 3.05) is 6.61 Å². The zero-order chi connectivity index (χ0) is 9.84. The van der Waals surface area contributed by atoms with Crippen LogP contribution >= 0.6 is 0 Å². The van der Waals surface area contributed by atoms with E-state index in [1.807, 2.05) is 0 Å². The van der Waals surface area contributed by atoms with Crippen molar-refractivity contribution >= 4 is 5.97 Å². The van der Waals surface area contributed by atoms with Gasteiger partial charge in [0.15, 0.2) is 5.43 Å². The standard InChI is InChI=1S/C9H11NO3/c1-3-13-9(12)8-6(2)7(11)4-5-10-8/h4-5H,3H2,1-2H3,(H,10,11). The largest absolute Gasteiger partial charge is 0.461 e. The highest BCUT2D eigenvalue weighted by Crippen LogP contribution is 1.99. The lowest BCUT2D eigenvalue weighted by Gasteiger charge is -2.03. The van der Waals surface area contributed by atoms with Crippen LogP contribution in [-0.2, 0) is 4.74 Å². The minimum absolute atomic E-state index is 0.165. The second-order valence-electron chi connectivity index (χ2n) is 2.56. The predicted molar refractivity (Wildman–Crippen MR) is 47.8 cm³/mol. The highest BCUT2D eigenvalue weighted by molar-refractivity contribution is 5.88. The van der Waals surface area contributed by atoms with E-state index in [-0.39, 0.29) is 11.1 Å². The van der Waals surface area contributed by atoms with E-state index in [0.29, 0.717) is 12.2 Å². The average Bonchev–Trinajstić information content (AvgIpc) is 2.10. The topological polar surface area (TPSA) is 59.2 Å². The maximum absolute atomic E-state index is 11.2. The number of nitrogens with one attached hydrogen (secondary N) is 1. The van der Waals surface area contributed by atoms with Crippen LogP contribution in [-0.4, -0.2) is 17.6 Å². The number of hydrogen-bond donors (Lipinski definition) is 1. The molecule has 4 nitrogen and oxygen atoms in total. The van der Waals surface area contributed by atoms with Crippen molar-refractivity contribution in [2.24, 2.45) is 0 Å². The molecule has 1 aromatic rings. The Morgan fingerprint density at radius 2 is 2.31 bits per heavy atom. The number of carbonyl (C=O) groups is 1. The molecular weight excluding hydrogens is 170 g/mol. The summed E-state index contributed by atoms with van der Waals surface area (Å²) in [4.78, 5) is 25.0. The molecule has 0 atom stereocenters. The van der Waals surface area contributed by atoms with E-state index in [2.05, 4.69) is 4.98 Å². The number of H-pyrrole nitrogens is 1.